The number of rotatable bonds is 5. The molecule has 2 aromatic heterocycles. The predicted octanol–water partition coefficient (Wildman–Crippen LogP) is 3.22. The Morgan fingerprint density at radius 2 is 2.15 bits per heavy atom. The molecule has 0 unspecified atom stereocenters. The molecule has 0 radical (unpaired) electrons. The average Bonchev–Trinajstić information content (AvgIpc) is 3.20. The van der Waals surface area contributed by atoms with Crippen molar-refractivity contribution in [2.24, 2.45) is 11.7 Å². The fourth-order valence-corrected chi connectivity index (χ4v) is 4.78. The summed E-state index contributed by atoms with van der Waals surface area (Å²) in [5, 5.41) is 4.60. The van der Waals surface area contributed by atoms with Gasteiger partial charge in [0.1, 0.15) is 9.88 Å². The van der Waals surface area contributed by atoms with Crippen LogP contribution in [0, 0.1) is 5.92 Å². The second-order valence-electron chi connectivity index (χ2n) is 6.47. The molecule has 0 aromatic carbocycles. The summed E-state index contributed by atoms with van der Waals surface area (Å²) in [6, 6.07) is 3.42. The molecule has 1 aliphatic rings. The normalized spacial score (nSPS) is 17.2. The number of hydrogen-bond acceptors (Lipinski definition) is 6. The molecule has 1 aliphatic carbocycles. The molecular formula is C18H20N2O4S2. The molecular weight excluding hydrogens is 372 g/mol. The summed E-state index contributed by atoms with van der Waals surface area (Å²) in [4.78, 5) is 37.7. The Bertz CT molecular complexity index is 855. The molecule has 3 rings (SSSR count). The Labute approximate surface area is 159 Å². The van der Waals surface area contributed by atoms with E-state index in [1.54, 1.807) is 5.38 Å². The molecule has 0 spiro atoms. The number of thiophene rings is 2. The minimum Gasteiger partial charge on any atom is -0.448 e. The molecule has 2 atom stereocenters. The van der Waals surface area contributed by atoms with Crippen molar-refractivity contribution in [3.05, 3.63) is 38.4 Å². The maximum absolute atomic E-state index is 12.4. The third-order valence-corrected chi connectivity index (χ3v) is 6.40. The SMILES string of the molecule is C[C@@H]1CCc2sc(C(=O)O[C@@H](C)C(=O)Nc3sccc3C(N)=O)cc2C1. The maximum atomic E-state index is 12.4. The first kappa shape index (κ1) is 18.6. The van der Waals surface area contributed by atoms with E-state index in [1.165, 1.54) is 46.1 Å². The number of amides is 2. The van der Waals surface area contributed by atoms with Crippen LogP contribution in [0.5, 0.6) is 0 Å². The third-order valence-electron chi connectivity index (χ3n) is 4.35. The van der Waals surface area contributed by atoms with Gasteiger partial charge in [-0.25, -0.2) is 4.79 Å². The fraction of sp³-hybridized carbons (Fsp3) is 0.389. The Hall–Kier alpha value is -2.19. The number of hydrogen-bond donors (Lipinski definition) is 2. The van der Waals surface area contributed by atoms with E-state index in [2.05, 4.69) is 12.2 Å². The average molecular weight is 393 g/mol. The highest BCUT2D eigenvalue weighted by molar-refractivity contribution is 7.15. The van der Waals surface area contributed by atoms with Gasteiger partial charge in [0.2, 0.25) is 0 Å². The summed E-state index contributed by atoms with van der Waals surface area (Å²) in [6.45, 7) is 3.70. The van der Waals surface area contributed by atoms with E-state index in [9.17, 15) is 14.4 Å². The fourth-order valence-electron chi connectivity index (χ4n) is 2.89. The van der Waals surface area contributed by atoms with Gasteiger partial charge in [-0.15, -0.1) is 22.7 Å². The monoisotopic (exact) mass is 392 g/mol. The highest BCUT2D eigenvalue weighted by atomic mass is 32.1. The van der Waals surface area contributed by atoms with Gasteiger partial charge in [0.15, 0.2) is 6.10 Å². The standard InChI is InChI=1S/C18H20N2O4S2/c1-9-3-4-13-11(7-9)8-14(26-13)18(23)24-10(2)16(22)20-17-12(15(19)21)5-6-25-17/h5-6,8-10H,3-4,7H2,1-2H3,(H2,19,21)(H,20,22)/t9-,10+/m1/s1. The molecule has 2 heterocycles. The summed E-state index contributed by atoms with van der Waals surface area (Å²) < 4.78 is 5.30. The molecule has 2 amide bonds. The van der Waals surface area contributed by atoms with Crippen molar-refractivity contribution >= 4 is 45.5 Å². The van der Waals surface area contributed by atoms with Crippen molar-refractivity contribution in [2.75, 3.05) is 5.32 Å². The van der Waals surface area contributed by atoms with Gasteiger partial charge in [-0.05, 0) is 55.2 Å². The molecule has 138 valence electrons. The number of fused-ring (bicyclic) bond motifs is 1. The smallest absolute Gasteiger partial charge is 0.349 e. The van der Waals surface area contributed by atoms with Gasteiger partial charge in [-0.1, -0.05) is 6.92 Å². The van der Waals surface area contributed by atoms with Crippen molar-refractivity contribution in [2.45, 2.75) is 39.2 Å². The van der Waals surface area contributed by atoms with Crippen LogP contribution in [0.25, 0.3) is 0 Å². The summed E-state index contributed by atoms with van der Waals surface area (Å²) in [7, 11) is 0. The van der Waals surface area contributed by atoms with Gasteiger partial charge in [0, 0.05) is 4.88 Å². The lowest BCUT2D eigenvalue weighted by molar-refractivity contribution is -0.123. The van der Waals surface area contributed by atoms with Crippen LogP contribution in [0.15, 0.2) is 17.5 Å². The Morgan fingerprint density at radius 3 is 2.88 bits per heavy atom. The number of nitrogens with one attached hydrogen (secondary N) is 1. The van der Waals surface area contributed by atoms with Gasteiger partial charge in [-0.3, -0.25) is 9.59 Å². The van der Waals surface area contributed by atoms with Crippen molar-refractivity contribution in [3.8, 4) is 0 Å². The first-order valence-corrected chi connectivity index (χ1v) is 10.1. The minimum atomic E-state index is -0.983. The first-order valence-electron chi connectivity index (χ1n) is 8.36. The largest absolute Gasteiger partial charge is 0.448 e. The summed E-state index contributed by atoms with van der Waals surface area (Å²) in [5.74, 6) is -1.00. The van der Waals surface area contributed by atoms with Crippen LogP contribution < -0.4 is 11.1 Å². The number of nitrogens with two attached hydrogens (primary N) is 1. The van der Waals surface area contributed by atoms with E-state index < -0.39 is 23.9 Å². The lowest BCUT2D eigenvalue weighted by Crippen LogP contribution is -2.30. The van der Waals surface area contributed by atoms with Crippen LogP contribution in [0.2, 0.25) is 0 Å². The third kappa shape index (κ3) is 3.96. The van der Waals surface area contributed by atoms with Crippen molar-refractivity contribution in [1.29, 1.82) is 0 Å². The lowest BCUT2D eigenvalue weighted by Gasteiger charge is -2.16. The number of carbonyl (C=O) groups excluding carboxylic acids is 3. The maximum Gasteiger partial charge on any atom is 0.349 e. The number of anilines is 1. The van der Waals surface area contributed by atoms with Crippen molar-refractivity contribution in [3.63, 3.8) is 0 Å². The minimum absolute atomic E-state index is 0.238. The Morgan fingerprint density at radius 1 is 1.38 bits per heavy atom. The zero-order chi connectivity index (χ0) is 18.8. The van der Waals surface area contributed by atoms with E-state index >= 15 is 0 Å². The van der Waals surface area contributed by atoms with E-state index in [-0.39, 0.29) is 5.56 Å². The molecule has 0 bridgehead atoms. The molecule has 0 saturated carbocycles. The van der Waals surface area contributed by atoms with Crippen molar-refractivity contribution < 1.29 is 19.1 Å². The van der Waals surface area contributed by atoms with E-state index in [0.29, 0.717) is 15.8 Å². The second kappa shape index (κ2) is 7.59. The van der Waals surface area contributed by atoms with Gasteiger partial charge in [0.25, 0.3) is 11.8 Å². The van der Waals surface area contributed by atoms with Gasteiger partial charge >= 0.3 is 5.97 Å². The van der Waals surface area contributed by atoms with Gasteiger partial charge < -0.3 is 15.8 Å². The predicted molar refractivity (Wildman–Crippen MR) is 102 cm³/mol. The first-order chi connectivity index (χ1) is 12.3. The van der Waals surface area contributed by atoms with Crippen LogP contribution in [0.3, 0.4) is 0 Å². The lowest BCUT2D eigenvalue weighted by atomic mass is 9.90. The van der Waals surface area contributed by atoms with E-state index in [0.717, 1.165) is 19.3 Å². The summed E-state index contributed by atoms with van der Waals surface area (Å²) in [6.07, 6.45) is 2.11. The summed E-state index contributed by atoms with van der Waals surface area (Å²) >= 11 is 2.63. The van der Waals surface area contributed by atoms with Gasteiger partial charge in [-0.2, -0.15) is 0 Å². The molecule has 26 heavy (non-hydrogen) atoms. The molecule has 0 saturated heterocycles. The topological polar surface area (TPSA) is 98.5 Å². The van der Waals surface area contributed by atoms with Gasteiger partial charge in [0.05, 0.1) is 5.56 Å². The number of esters is 1. The highest BCUT2D eigenvalue weighted by Crippen LogP contribution is 2.32. The van der Waals surface area contributed by atoms with Crippen molar-refractivity contribution in [1.82, 2.24) is 0 Å². The quantitative estimate of drug-likeness (QED) is 0.763. The molecule has 6 nitrogen and oxygen atoms in total. The summed E-state index contributed by atoms with van der Waals surface area (Å²) in [5.41, 5.74) is 6.71. The Kier molecular flexibility index (Phi) is 5.43. The highest BCUT2D eigenvalue weighted by Gasteiger charge is 2.25. The molecule has 8 heteroatoms. The Balaban J connectivity index is 1.63. The molecule has 0 fully saturated rings. The van der Waals surface area contributed by atoms with Crippen LogP contribution in [-0.2, 0) is 22.4 Å². The van der Waals surface area contributed by atoms with Crippen LogP contribution in [0.4, 0.5) is 5.00 Å². The van der Waals surface area contributed by atoms with Crippen LogP contribution in [0.1, 0.15) is 50.7 Å². The van der Waals surface area contributed by atoms with Crippen LogP contribution in [-0.4, -0.2) is 23.9 Å². The van der Waals surface area contributed by atoms with E-state index in [4.69, 9.17) is 10.5 Å². The zero-order valence-corrected chi connectivity index (χ0v) is 16.2. The molecule has 2 aromatic rings. The molecule has 0 aliphatic heterocycles. The second-order valence-corrected chi connectivity index (χ2v) is 8.52. The van der Waals surface area contributed by atoms with Crippen LogP contribution >= 0.6 is 22.7 Å². The van der Waals surface area contributed by atoms with E-state index in [1.807, 2.05) is 6.07 Å². The number of carbonyl (C=O) groups is 3. The zero-order valence-electron chi connectivity index (χ0n) is 14.5. The number of ether oxygens (including phenoxy) is 1. The molecule has 3 N–H and O–H groups in total. The number of primary amides is 1. The number of aryl methyl sites for hydroxylation is 1.